The Bertz CT molecular complexity index is 832. The van der Waals surface area contributed by atoms with E-state index in [4.69, 9.17) is 0 Å². The lowest BCUT2D eigenvalue weighted by atomic mass is 9.98. The Hall–Kier alpha value is -2.66. The van der Waals surface area contributed by atoms with E-state index in [-0.39, 0.29) is 11.8 Å². The fraction of sp³-hybridized carbons (Fsp3) is 0.391. The Kier molecular flexibility index (Phi) is 5.44. The van der Waals surface area contributed by atoms with Crippen molar-refractivity contribution >= 4 is 23.3 Å². The van der Waals surface area contributed by atoms with Gasteiger partial charge < -0.3 is 10.0 Å². The van der Waals surface area contributed by atoms with Gasteiger partial charge in [-0.3, -0.25) is 14.5 Å². The van der Waals surface area contributed by atoms with Gasteiger partial charge in [-0.15, -0.1) is 0 Å². The molecular weight excluding hydrogens is 352 g/mol. The van der Waals surface area contributed by atoms with Crippen LogP contribution in [0.5, 0.6) is 0 Å². The van der Waals surface area contributed by atoms with Gasteiger partial charge in [0.05, 0.1) is 17.3 Å². The van der Waals surface area contributed by atoms with Crippen LogP contribution in [-0.2, 0) is 22.4 Å². The maximum atomic E-state index is 13.3. The standard InChI is InChI=1S/C23H26N2O3/c26-22(13-15-24-14-5-8-19(16-24)23(27)28)25-20-9-3-1-6-17(20)11-12-18-7-2-4-10-21(18)25/h1-4,6-7,9-10,19H,5,8,11-16H2,(H,27,28)/t19-/m1/s1. The number of carbonyl (C=O) groups is 2. The molecule has 0 unspecified atom stereocenters. The molecule has 2 aromatic carbocycles. The molecule has 2 heterocycles. The number of aryl methyl sites for hydroxylation is 2. The van der Waals surface area contributed by atoms with Gasteiger partial charge in [-0.25, -0.2) is 0 Å². The minimum absolute atomic E-state index is 0.0687. The van der Waals surface area contributed by atoms with Crippen LogP contribution >= 0.6 is 0 Å². The number of likely N-dealkylation sites (tertiary alicyclic amines) is 1. The highest BCUT2D eigenvalue weighted by molar-refractivity contribution is 6.02. The number of fused-ring (bicyclic) bond motifs is 2. The molecule has 2 aliphatic rings. The predicted molar refractivity (Wildman–Crippen MR) is 109 cm³/mol. The smallest absolute Gasteiger partial charge is 0.307 e. The third-order valence-electron chi connectivity index (χ3n) is 5.87. The quantitative estimate of drug-likeness (QED) is 0.882. The molecule has 1 N–H and O–H groups in total. The second kappa shape index (κ2) is 8.15. The summed E-state index contributed by atoms with van der Waals surface area (Å²) in [5, 5.41) is 9.29. The van der Waals surface area contributed by atoms with E-state index in [1.807, 2.05) is 41.3 Å². The number of benzene rings is 2. The average Bonchev–Trinajstić information content (AvgIpc) is 2.89. The summed E-state index contributed by atoms with van der Waals surface area (Å²) in [4.78, 5) is 28.6. The average molecular weight is 378 g/mol. The SMILES string of the molecule is O=C(O)[C@@H]1CCCN(CCC(=O)N2c3ccccc3CCc3ccccc32)C1. The van der Waals surface area contributed by atoms with Crippen molar-refractivity contribution in [1.82, 2.24) is 4.90 Å². The molecule has 28 heavy (non-hydrogen) atoms. The van der Waals surface area contributed by atoms with Crippen molar-refractivity contribution in [1.29, 1.82) is 0 Å². The molecule has 1 amide bonds. The number of rotatable bonds is 4. The Morgan fingerprint density at radius 2 is 1.57 bits per heavy atom. The zero-order valence-corrected chi connectivity index (χ0v) is 16.0. The summed E-state index contributed by atoms with van der Waals surface area (Å²) < 4.78 is 0. The number of aliphatic carboxylic acids is 1. The van der Waals surface area contributed by atoms with Crippen LogP contribution in [0.4, 0.5) is 11.4 Å². The third kappa shape index (κ3) is 3.80. The van der Waals surface area contributed by atoms with Gasteiger partial charge in [-0.05, 0) is 55.5 Å². The number of hydrogen-bond donors (Lipinski definition) is 1. The normalized spacial score (nSPS) is 19.4. The van der Waals surface area contributed by atoms with Gasteiger partial charge in [0.15, 0.2) is 0 Å². The van der Waals surface area contributed by atoms with Crippen molar-refractivity contribution < 1.29 is 14.7 Å². The Morgan fingerprint density at radius 3 is 2.18 bits per heavy atom. The molecule has 2 aliphatic heterocycles. The molecule has 1 saturated heterocycles. The van der Waals surface area contributed by atoms with Crippen LogP contribution < -0.4 is 4.90 Å². The molecule has 0 spiro atoms. The summed E-state index contributed by atoms with van der Waals surface area (Å²) in [5.74, 6) is -0.978. The van der Waals surface area contributed by atoms with Crippen LogP contribution in [0.25, 0.3) is 0 Å². The fourth-order valence-corrected chi connectivity index (χ4v) is 4.37. The number of nitrogens with zero attached hydrogens (tertiary/aromatic N) is 2. The van der Waals surface area contributed by atoms with E-state index in [2.05, 4.69) is 17.0 Å². The lowest BCUT2D eigenvalue weighted by molar-refractivity contribution is -0.143. The summed E-state index contributed by atoms with van der Waals surface area (Å²) in [6, 6.07) is 16.3. The Labute approximate surface area is 165 Å². The summed E-state index contributed by atoms with van der Waals surface area (Å²) in [7, 11) is 0. The third-order valence-corrected chi connectivity index (χ3v) is 5.87. The monoisotopic (exact) mass is 378 g/mol. The van der Waals surface area contributed by atoms with Gasteiger partial charge in [-0.1, -0.05) is 36.4 Å². The first-order valence-corrected chi connectivity index (χ1v) is 10.1. The molecule has 4 rings (SSSR count). The summed E-state index contributed by atoms with van der Waals surface area (Å²) >= 11 is 0. The number of piperidine rings is 1. The van der Waals surface area contributed by atoms with Crippen molar-refractivity contribution in [2.75, 3.05) is 24.5 Å². The van der Waals surface area contributed by atoms with Crippen molar-refractivity contribution in [3.8, 4) is 0 Å². The van der Waals surface area contributed by atoms with Gasteiger partial charge in [0.2, 0.25) is 5.91 Å². The van der Waals surface area contributed by atoms with E-state index < -0.39 is 5.97 Å². The molecule has 2 aromatic rings. The van der Waals surface area contributed by atoms with E-state index in [9.17, 15) is 14.7 Å². The van der Waals surface area contributed by atoms with Crippen molar-refractivity contribution in [2.24, 2.45) is 5.92 Å². The largest absolute Gasteiger partial charge is 0.481 e. The molecule has 0 radical (unpaired) electrons. The molecule has 5 heteroatoms. The van der Waals surface area contributed by atoms with Crippen LogP contribution in [-0.4, -0.2) is 41.5 Å². The fourth-order valence-electron chi connectivity index (χ4n) is 4.37. The molecule has 1 fully saturated rings. The lowest BCUT2D eigenvalue weighted by Gasteiger charge is -2.31. The highest BCUT2D eigenvalue weighted by atomic mass is 16.4. The molecule has 0 aliphatic carbocycles. The number of carboxylic acid groups (broad SMARTS) is 1. The summed E-state index contributed by atoms with van der Waals surface area (Å²) in [6.07, 6.45) is 3.83. The van der Waals surface area contributed by atoms with Crippen molar-refractivity contribution in [2.45, 2.75) is 32.1 Å². The second-order valence-corrected chi connectivity index (χ2v) is 7.71. The number of carboxylic acids is 1. The first-order valence-electron chi connectivity index (χ1n) is 10.1. The first kappa shape index (κ1) is 18.7. The molecule has 146 valence electrons. The maximum Gasteiger partial charge on any atom is 0.307 e. The minimum Gasteiger partial charge on any atom is -0.481 e. The van der Waals surface area contributed by atoms with Gasteiger partial charge in [0, 0.05) is 19.5 Å². The topological polar surface area (TPSA) is 60.9 Å². The van der Waals surface area contributed by atoms with Crippen molar-refractivity contribution in [3.05, 3.63) is 59.7 Å². The van der Waals surface area contributed by atoms with Crippen LogP contribution in [0.1, 0.15) is 30.4 Å². The van der Waals surface area contributed by atoms with E-state index in [1.54, 1.807) is 0 Å². The summed E-state index contributed by atoms with van der Waals surface area (Å²) in [5.41, 5.74) is 4.32. The van der Waals surface area contributed by atoms with Gasteiger partial charge in [0.1, 0.15) is 0 Å². The first-order chi connectivity index (χ1) is 13.6. The van der Waals surface area contributed by atoms with Gasteiger partial charge in [-0.2, -0.15) is 0 Å². The second-order valence-electron chi connectivity index (χ2n) is 7.71. The minimum atomic E-state index is -0.730. The number of hydrogen-bond acceptors (Lipinski definition) is 3. The van der Waals surface area contributed by atoms with E-state index in [1.165, 1.54) is 11.1 Å². The number of carbonyl (C=O) groups excluding carboxylic acids is 1. The Morgan fingerprint density at radius 1 is 0.964 bits per heavy atom. The van der Waals surface area contributed by atoms with Crippen LogP contribution in [0.2, 0.25) is 0 Å². The highest BCUT2D eigenvalue weighted by Gasteiger charge is 2.28. The lowest BCUT2D eigenvalue weighted by Crippen LogP contribution is -2.40. The highest BCUT2D eigenvalue weighted by Crippen LogP contribution is 2.36. The molecule has 1 atom stereocenters. The molecular formula is C23H26N2O3. The summed E-state index contributed by atoms with van der Waals surface area (Å²) in [6.45, 7) is 2.00. The van der Waals surface area contributed by atoms with Crippen LogP contribution in [0, 0.1) is 5.92 Å². The maximum absolute atomic E-state index is 13.3. The molecule has 0 bridgehead atoms. The number of para-hydroxylation sites is 2. The van der Waals surface area contributed by atoms with Crippen molar-refractivity contribution in [3.63, 3.8) is 0 Å². The van der Waals surface area contributed by atoms with E-state index in [0.717, 1.165) is 43.6 Å². The predicted octanol–water partition coefficient (Wildman–Crippen LogP) is 3.64. The number of amides is 1. The molecule has 5 nitrogen and oxygen atoms in total. The zero-order valence-electron chi connectivity index (χ0n) is 16.0. The van der Waals surface area contributed by atoms with Crippen LogP contribution in [0.15, 0.2) is 48.5 Å². The molecule has 0 saturated carbocycles. The van der Waals surface area contributed by atoms with Gasteiger partial charge >= 0.3 is 5.97 Å². The zero-order chi connectivity index (χ0) is 19.5. The van der Waals surface area contributed by atoms with Crippen LogP contribution in [0.3, 0.4) is 0 Å². The number of anilines is 2. The van der Waals surface area contributed by atoms with Gasteiger partial charge in [0.25, 0.3) is 0 Å². The van der Waals surface area contributed by atoms with E-state index in [0.29, 0.717) is 19.5 Å². The van der Waals surface area contributed by atoms with E-state index >= 15 is 0 Å². The Balaban J connectivity index is 1.54. The molecule has 0 aromatic heterocycles.